The van der Waals surface area contributed by atoms with Crippen molar-refractivity contribution in [1.82, 2.24) is 19.7 Å². The van der Waals surface area contributed by atoms with Crippen molar-refractivity contribution < 1.29 is 26.3 Å². The maximum atomic E-state index is 12.9. The zero-order valence-electron chi connectivity index (χ0n) is 17.9. The van der Waals surface area contributed by atoms with Gasteiger partial charge in [0.15, 0.2) is 0 Å². The number of sulfone groups is 1. The summed E-state index contributed by atoms with van der Waals surface area (Å²) in [5.41, 5.74) is 2.08. The molecule has 0 saturated heterocycles. The highest BCUT2D eigenvalue weighted by Crippen LogP contribution is 2.42. The average molecular weight is 482 g/mol. The molecule has 2 aromatic heterocycles. The van der Waals surface area contributed by atoms with Crippen molar-refractivity contribution in [2.45, 2.75) is 38.5 Å². The Balaban J connectivity index is 1.70. The van der Waals surface area contributed by atoms with Crippen LogP contribution in [0.1, 0.15) is 24.5 Å². The molecular formula is C21H22F3N5O3S. The molecule has 0 amide bonds. The molecule has 0 fully saturated rings. The molecule has 1 atom stereocenters. The zero-order chi connectivity index (χ0) is 23.8. The van der Waals surface area contributed by atoms with Crippen molar-refractivity contribution in [3.8, 4) is 22.9 Å². The Bertz CT molecular complexity index is 1260. The molecule has 8 nitrogen and oxygen atoms in total. The van der Waals surface area contributed by atoms with Gasteiger partial charge < -0.3 is 10.1 Å². The molecule has 0 saturated carbocycles. The third-order valence-electron chi connectivity index (χ3n) is 5.27. The number of fused-ring (bicyclic) bond motifs is 1. The van der Waals surface area contributed by atoms with Gasteiger partial charge in [-0.05, 0) is 31.9 Å². The van der Waals surface area contributed by atoms with Crippen LogP contribution in [0, 0.1) is 0 Å². The summed E-state index contributed by atoms with van der Waals surface area (Å²) in [6.45, 7) is 2.25. The Kier molecular flexibility index (Phi) is 6.04. The zero-order valence-corrected chi connectivity index (χ0v) is 18.7. The standard InChI is InChI=1S/C21H22F3N5O3S/c1-13-3-4-17-18(28-13)6-5-16(14-9-27-29(12-14)7-8-33(2,30)31)19(17)32-20-25-10-15(11-26-20)21(22,23)24/h5-6,9-13,28H,3-4,7-8H2,1-2H3/t13-/m0/s1. The summed E-state index contributed by atoms with van der Waals surface area (Å²) in [6, 6.07) is 3.79. The number of rotatable bonds is 6. The average Bonchev–Trinajstić information content (AvgIpc) is 3.20. The fourth-order valence-electron chi connectivity index (χ4n) is 3.54. The topological polar surface area (TPSA) is 99.0 Å². The van der Waals surface area contributed by atoms with Gasteiger partial charge in [0.05, 0.1) is 24.1 Å². The van der Waals surface area contributed by atoms with E-state index in [4.69, 9.17) is 4.74 Å². The third-order valence-corrected chi connectivity index (χ3v) is 6.20. The van der Waals surface area contributed by atoms with E-state index in [1.807, 2.05) is 12.1 Å². The van der Waals surface area contributed by atoms with E-state index < -0.39 is 21.6 Å². The molecule has 3 heterocycles. The molecule has 1 aromatic carbocycles. The number of hydrogen-bond donors (Lipinski definition) is 1. The molecule has 1 aliphatic rings. The number of nitrogens with zero attached hydrogens (tertiary/aromatic N) is 4. The first-order valence-electron chi connectivity index (χ1n) is 10.2. The van der Waals surface area contributed by atoms with Crippen molar-refractivity contribution in [1.29, 1.82) is 0 Å². The second kappa shape index (κ2) is 8.65. The molecule has 176 valence electrons. The van der Waals surface area contributed by atoms with Gasteiger partial charge in [0, 0.05) is 53.3 Å². The molecule has 0 aliphatic carbocycles. The highest BCUT2D eigenvalue weighted by molar-refractivity contribution is 7.90. The number of aryl methyl sites for hydroxylation is 1. The van der Waals surface area contributed by atoms with E-state index >= 15 is 0 Å². The monoisotopic (exact) mass is 481 g/mol. The summed E-state index contributed by atoms with van der Waals surface area (Å²) in [6.07, 6.45) is 2.79. The van der Waals surface area contributed by atoms with Gasteiger partial charge in [-0.1, -0.05) is 0 Å². The summed E-state index contributed by atoms with van der Waals surface area (Å²) in [5, 5.41) is 7.61. The minimum atomic E-state index is -4.55. The minimum absolute atomic E-state index is 0.0527. The van der Waals surface area contributed by atoms with Crippen molar-refractivity contribution in [2.24, 2.45) is 0 Å². The Morgan fingerprint density at radius 1 is 1.21 bits per heavy atom. The third kappa shape index (κ3) is 5.44. The van der Waals surface area contributed by atoms with E-state index in [9.17, 15) is 21.6 Å². The van der Waals surface area contributed by atoms with Gasteiger partial charge in [0.2, 0.25) is 0 Å². The largest absolute Gasteiger partial charge is 0.423 e. The minimum Gasteiger partial charge on any atom is -0.423 e. The second-order valence-electron chi connectivity index (χ2n) is 8.03. The molecule has 0 radical (unpaired) electrons. The van der Waals surface area contributed by atoms with Gasteiger partial charge in [-0.2, -0.15) is 18.3 Å². The van der Waals surface area contributed by atoms with Gasteiger partial charge in [0.25, 0.3) is 0 Å². The molecule has 0 unspecified atom stereocenters. The normalized spacial score (nSPS) is 16.2. The number of alkyl halides is 3. The van der Waals surface area contributed by atoms with E-state index in [1.165, 1.54) is 4.68 Å². The number of benzene rings is 1. The van der Waals surface area contributed by atoms with Crippen LogP contribution < -0.4 is 10.1 Å². The first-order valence-corrected chi connectivity index (χ1v) is 12.3. The van der Waals surface area contributed by atoms with Gasteiger partial charge in [-0.3, -0.25) is 4.68 Å². The van der Waals surface area contributed by atoms with Crippen LogP contribution in [0.5, 0.6) is 11.8 Å². The smallest absolute Gasteiger partial charge is 0.419 e. The van der Waals surface area contributed by atoms with Crippen LogP contribution >= 0.6 is 0 Å². The number of anilines is 1. The first-order chi connectivity index (χ1) is 15.5. The second-order valence-corrected chi connectivity index (χ2v) is 10.3. The van der Waals surface area contributed by atoms with Crippen LogP contribution in [0.25, 0.3) is 11.1 Å². The van der Waals surface area contributed by atoms with Crippen molar-refractivity contribution in [2.75, 3.05) is 17.3 Å². The lowest BCUT2D eigenvalue weighted by Gasteiger charge is -2.27. The van der Waals surface area contributed by atoms with Gasteiger partial charge in [0.1, 0.15) is 15.6 Å². The van der Waals surface area contributed by atoms with Crippen molar-refractivity contribution >= 4 is 15.5 Å². The van der Waals surface area contributed by atoms with E-state index in [2.05, 4.69) is 27.3 Å². The highest BCUT2D eigenvalue weighted by Gasteiger charge is 2.31. The van der Waals surface area contributed by atoms with E-state index in [1.54, 1.807) is 12.4 Å². The van der Waals surface area contributed by atoms with Crippen LogP contribution in [0.2, 0.25) is 0 Å². The van der Waals surface area contributed by atoms with Crippen molar-refractivity contribution in [3.05, 3.63) is 48.0 Å². The fourth-order valence-corrected chi connectivity index (χ4v) is 4.06. The molecule has 1 N–H and O–H groups in total. The molecular weight excluding hydrogens is 459 g/mol. The lowest BCUT2D eigenvalue weighted by atomic mass is 9.94. The number of nitrogens with one attached hydrogen (secondary N) is 1. The predicted molar refractivity (Wildman–Crippen MR) is 116 cm³/mol. The maximum Gasteiger partial charge on any atom is 0.419 e. The molecule has 4 rings (SSSR count). The maximum absolute atomic E-state index is 12.9. The summed E-state index contributed by atoms with van der Waals surface area (Å²) < 4.78 is 68.9. The molecule has 0 spiro atoms. The van der Waals surface area contributed by atoms with E-state index in [-0.39, 0.29) is 24.3 Å². The molecule has 0 bridgehead atoms. The predicted octanol–water partition coefficient (Wildman–Crippen LogP) is 3.94. The summed E-state index contributed by atoms with van der Waals surface area (Å²) in [5.74, 6) is 0.373. The first kappa shape index (κ1) is 23.0. The van der Waals surface area contributed by atoms with E-state index in [0.29, 0.717) is 35.7 Å². The van der Waals surface area contributed by atoms with Crippen LogP contribution in [-0.2, 0) is 29.0 Å². The van der Waals surface area contributed by atoms with Crippen molar-refractivity contribution in [3.63, 3.8) is 0 Å². The SMILES string of the molecule is C[C@H]1CCc2c(ccc(-c3cnn(CCS(C)(=O)=O)c3)c2Oc2ncc(C(F)(F)F)cn2)N1. The summed E-state index contributed by atoms with van der Waals surface area (Å²) >= 11 is 0. The van der Waals surface area contributed by atoms with Crippen LogP contribution in [-0.4, -0.2) is 46.2 Å². The van der Waals surface area contributed by atoms with Gasteiger partial charge >= 0.3 is 12.2 Å². The Hall–Kier alpha value is -3.15. The number of aromatic nitrogens is 4. The molecule has 3 aromatic rings. The molecule has 12 heteroatoms. The van der Waals surface area contributed by atoms with E-state index in [0.717, 1.165) is 23.9 Å². The summed E-state index contributed by atoms with van der Waals surface area (Å²) in [7, 11) is -3.15. The van der Waals surface area contributed by atoms with Crippen LogP contribution in [0.4, 0.5) is 18.9 Å². The molecule has 33 heavy (non-hydrogen) atoms. The Morgan fingerprint density at radius 3 is 2.61 bits per heavy atom. The lowest BCUT2D eigenvalue weighted by Crippen LogP contribution is -2.22. The fraction of sp³-hybridized carbons (Fsp3) is 0.381. The Labute approximate surface area is 188 Å². The van der Waals surface area contributed by atoms with Crippen LogP contribution in [0.15, 0.2) is 36.9 Å². The highest BCUT2D eigenvalue weighted by atomic mass is 32.2. The lowest BCUT2D eigenvalue weighted by molar-refractivity contribution is -0.138. The number of hydrogen-bond acceptors (Lipinski definition) is 7. The quantitative estimate of drug-likeness (QED) is 0.569. The summed E-state index contributed by atoms with van der Waals surface area (Å²) in [4.78, 5) is 7.48. The molecule has 1 aliphatic heterocycles. The number of ether oxygens (including phenoxy) is 1. The van der Waals surface area contributed by atoms with Gasteiger partial charge in [-0.15, -0.1) is 0 Å². The Morgan fingerprint density at radius 2 is 1.94 bits per heavy atom. The number of halogens is 3. The van der Waals surface area contributed by atoms with Gasteiger partial charge in [-0.25, -0.2) is 18.4 Å². The van der Waals surface area contributed by atoms with Crippen LogP contribution in [0.3, 0.4) is 0 Å².